The van der Waals surface area contributed by atoms with E-state index in [1.54, 1.807) is 18.2 Å². The topological polar surface area (TPSA) is 137 Å². The van der Waals surface area contributed by atoms with Gasteiger partial charge >= 0.3 is 5.97 Å². The van der Waals surface area contributed by atoms with Gasteiger partial charge in [-0.3, -0.25) is 14.4 Å². The molecule has 0 bridgehead atoms. The van der Waals surface area contributed by atoms with Crippen LogP contribution in [0, 0.1) is 0 Å². The number of hydrogen-bond donors (Lipinski definition) is 2. The Bertz CT molecular complexity index is 1140. The quantitative estimate of drug-likeness (QED) is 0.448. The lowest BCUT2D eigenvalue weighted by molar-refractivity contribution is -0.154. The van der Waals surface area contributed by atoms with Crippen LogP contribution in [0.2, 0.25) is 0 Å². The Morgan fingerprint density at radius 2 is 1.66 bits per heavy atom. The standard InChI is InChI=1S/C21H22N2O8S/c1-12(23-32(27,28)17-7-4-15(5-8-17)13(2)24)21(26)31-14(3)20(25)22-16-6-9-18-19(10-16)30-11-29-18/h4-10,12,14,23H,11H2,1-3H3,(H,22,25)/t12-,14+/m1/s1. The molecule has 2 aromatic rings. The minimum atomic E-state index is -4.05. The smallest absolute Gasteiger partial charge is 0.324 e. The molecule has 2 atom stereocenters. The molecule has 2 N–H and O–H groups in total. The summed E-state index contributed by atoms with van der Waals surface area (Å²) in [6.07, 6.45) is -1.19. The van der Waals surface area contributed by atoms with E-state index in [2.05, 4.69) is 10.0 Å². The number of fused-ring (bicyclic) bond motifs is 1. The monoisotopic (exact) mass is 462 g/mol. The summed E-state index contributed by atoms with van der Waals surface area (Å²) in [5.41, 5.74) is 0.781. The van der Waals surface area contributed by atoms with Gasteiger partial charge in [0.2, 0.25) is 16.8 Å². The molecule has 0 spiro atoms. The first-order valence-electron chi connectivity index (χ1n) is 9.61. The zero-order valence-corrected chi connectivity index (χ0v) is 18.4. The van der Waals surface area contributed by atoms with Crippen molar-refractivity contribution in [1.82, 2.24) is 4.72 Å². The van der Waals surface area contributed by atoms with E-state index in [0.29, 0.717) is 22.7 Å². The Morgan fingerprint density at radius 3 is 2.31 bits per heavy atom. The van der Waals surface area contributed by atoms with Gasteiger partial charge in [-0.15, -0.1) is 0 Å². The fraction of sp³-hybridized carbons (Fsp3) is 0.286. The highest BCUT2D eigenvalue weighted by molar-refractivity contribution is 7.89. The molecule has 10 nitrogen and oxygen atoms in total. The lowest BCUT2D eigenvalue weighted by Crippen LogP contribution is -2.42. The van der Waals surface area contributed by atoms with Gasteiger partial charge in [-0.05, 0) is 45.0 Å². The second kappa shape index (κ2) is 9.37. The molecule has 1 aliphatic rings. The van der Waals surface area contributed by atoms with Crippen molar-refractivity contribution in [3.63, 3.8) is 0 Å². The second-order valence-corrected chi connectivity index (χ2v) is 8.77. The zero-order chi connectivity index (χ0) is 23.5. The third-order valence-electron chi connectivity index (χ3n) is 4.56. The Balaban J connectivity index is 1.56. The first-order valence-corrected chi connectivity index (χ1v) is 11.1. The predicted molar refractivity (Wildman–Crippen MR) is 113 cm³/mol. The van der Waals surface area contributed by atoms with Crippen LogP contribution in [0.5, 0.6) is 11.5 Å². The van der Waals surface area contributed by atoms with Gasteiger partial charge in [0.05, 0.1) is 4.90 Å². The molecule has 0 unspecified atom stereocenters. The number of sulfonamides is 1. The summed E-state index contributed by atoms with van der Waals surface area (Å²) in [5, 5.41) is 2.59. The van der Waals surface area contributed by atoms with Gasteiger partial charge in [0.25, 0.3) is 5.91 Å². The number of amides is 1. The largest absolute Gasteiger partial charge is 0.454 e. The van der Waals surface area contributed by atoms with E-state index < -0.39 is 34.0 Å². The number of carbonyl (C=O) groups excluding carboxylic acids is 3. The van der Waals surface area contributed by atoms with E-state index in [1.807, 2.05) is 0 Å². The molecule has 11 heteroatoms. The molecular formula is C21H22N2O8S. The van der Waals surface area contributed by atoms with Crippen LogP contribution in [0.15, 0.2) is 47.4 Å². The van der Waals surface area contributed by atoms with E-state index in [4.69, 9.17) is 14.2 Å². The highest BCUT2D eigenvalue weighted by Gasteiger charge is 2.27. The molecule has 32 heavy (non-hydrogen) atoms. The van der Waals surface area contributed by atoms with Crippen LogP contribution in [0.3, 0.4) is 0 Å². The van der Waals surface area contributed by atoms with Gasteiger partial charge in [-0.25, -0.2) is 8.42 Å². The first kappa shape index (κ1) is 23.2. The summed E-state index contributed by atoms with van der Waals surface area (Å²) >= 11 is 0. The molecule has 0 aliphatic carbocycles. The van der Waals surface area contributed by atoms with Gasteiger partial charge in [0.15, 0.2) is 23.4 Å². The van der Waals surface area contributed by atoms with Gasteiger partial charge in [-0.1, -0.05) is 12.1 Å². The van der Waals surface area contributed by atoms with E-state index in [0.717, 1.165) is 0 Å². The SMILES string of the molecule is CC(=O)c1ccc(S(=O)(=O)N[C@H](C)C(=O)O[C@@H](C)C(=O)Nc2ccc3c(c2)OCO3)cc1. The van der Waals surface area contributed by atoms with Crippen molar-refractivity contribution in [3.8, 4) is 11.5 Å². The van der Waals surface area contributed by atoms with Crippen LogP contribution >= 0.6 is 0 Å². The fourth-order valence-electron chi connectivity index (χ4n) is 2.77. The molecular weight excluding hydrogens is 440 g/mol. The summed E-state index contributed by atoms with van der Waals surface area (Å²) in [6, 6.07) is 8.83. The van der Waals surface area contributed by atoms with Crippen LogP contribution in [0.25, 0.3) is 0 Å². The maximum atomic E-state index is 12.5. The molecule has 0 aromatic heterocycles. The predicted octanol–water partition coefficient (Wildman–Crippen LogP) is 1.86. The van der Waals surface area contributed by atoms with Crippen molar-refractivity contribution in [2.75, 3.05) is 12.1 Å². The Hall–Kier alpha value is -3.44. The first-order chi connectivity index (χ1) is 15.1. The summed E-state index contributed by atoms with van der Waals surface area (Å²) in [7, 11) is -4.05. The molecule has 0 radical (unpaired) electrons. The van der Waals surface area contributed by atoms with Crippen molar-refractivity contribution >= 4 is 33.4 Å². The van der Waals surface area contributed by atoms with E-state index in [1.165, 1.54) is 45.0 Å². The number of carbonyl (C=O) groups is 3. The number of hydrogen-bond acceptors (Lipinski definition) is 8. The lowest BCUT2D eigenvalue weighted by Gasteiger charge is -2.18. The molecule has 0 fully saturated rings. The molecule has 1 aliphatic heterocycles. The number of anilines is 1. The Morgan fingerprint density at radius 1 is 1.00 bits per heavy atom. The summed E-state index contributed by atoms with van der Waals surface area (Å²) in [5.74, 6) is -0.701. The van der Waals surface area contributed by atoms with Crippen molar-refractivity contribution in [2.45, 2.75) is 37.8 Å². The lowest BCUT2D eigenvalue weighted by atomic mass is 10.2. The van der Waals surface area contributed by atoms with Gasteiger partial charge < -0.3 is 19.5 Å². The van der Waals surface area contributed by atoms with Crippen LogP contribution < -0.4 is 19.5 Å². The highest BCUT2D eigenvalue weighted by atomic mass is 32.2. The maximum absolute atomic E-state index is 12.5. The molecule has 1 heterocycles. The third kappa shape index (κ3) is 5.42. The Labute approximate surface area is 184 Å². The number of rotatable bonds is 8. The summed E-state index contributed by atoms with van der Waals surface area (Å²) < 4.78 is 42.7. The van der Waals surface area contributed by atoms with Gasteiger partial charge in [0.1, 0.15) is 6.04 Å². The minimum Gasteiger partial charge on any atom is -0.454 e. The van der Waals surface area contributed by atoms with Crippen LogP contribution in [-0.2, 0) is 24.3 Å². The summed E-state index contributed by atoms with van der Waals surface area (Å²) in [4.78, 5) is 35.9. The minimum absolute atomic E-state index is 0.0927. The van der Waals surface area contributed by atoms with Crippen LogP contribution in [0.4, 0.5) is 5.69 Å². The molecule has 2 aromatic carbocycles. The van der Waals surface area contributed by atoms with E-state index >= 15 is 0 Å². The van der Waals surface area contributed by atoms with Crippen molar-refractivity contribution in [1.29, 1.82) is 0 Å². The number of ketones is 1. The van der Waals surface area contributed by atoms with E-state index in [9.17, 15) is 22.8 Å². The molecule has 3 rings (SSSR count). The van der Waals surface area contributed by atoms with Gasteiger partial charge in [-0.2, -0.15) is 4.72 Å². The van der Waals surface area contributed by atoms with Crippen molar-refractivity contribution < 1.29 is 37.0 Å². The molecule has 0 saturated heterocycles. The van der Waals surface area contributed by atoms with E-state index in [-0.39, 0.29) is 17.5 Å². The average molecular weight is 462 g/mol. The molecule has 1 amide bonds. The number of ether oxygens (including phenoxy) is 3. The van der Waals surface area contributed by atoms with Crippen LogP contribution in [0.1, 0.15) is 31.1 Å². The van der Waals surface area contributed by atoms with Crippen molar-refractivity contribution in [3.05, 3.63) is 48.0 Å². The third-order valence-corrected chi connectivity index (χ3v) is 6.12. The molecule has 0 saturated carbocycles. The fourth-order valence-corrected chi connectivity index (χ4v) is 3.96. The Kier molecular flexibility index (Phi) is 6.80. The summed E-state index contributed by atoms with van der Waals surface area (Å²) in [6.45, 7) is 4.12. The second-order valence-electron chi connectivity index (χ2n) is 7.06. The number of Topliss-reactive ketones (excluding diaryl/α,β-unsaturated/α-hetero) is 1. The zero-order valence-electron chi connectivity index (χ0n) is 17.6. The van der Waals surface area contributed by atoms with Crippen molar-refractivity contribution in [2.24, 2.45) is 0 Å². The molecule has 170 valence electrons. The number of benzene rings is 2. The number of esters is 1. The number of nitrogens with one attached hydrogen (secondary N) is 2. The normalized spacial score (nSPS) is 14.3. The average Bonchev–Trinajstić information content (AvgIpc) is 3.21. The highest BCUT2D eigenvalue weighted by Crippen LogP contribution is 2.34. The van der Waals surface area contributed by atoms with Crippen LogP contribution in [-0.4, -0.2) is 45.0 Å². The van der Waals surface area contributed by atoms with Gasteiger partial charge in [0, 0.05) is 17.3 Å². The maximum Gasteiger partial charge on any atom is 0.324 e.